The fourth-order valence-corrected chi connectivity index (χ4v) is 1.45. The SMILES string of the molecule is C[C@H](COc1ccc([CH]CO)cc1)CC(N)=O. The molecule has 17 heavy (non-hydrogen) atoms. The summed E-state index contributed by atoms with van der Waals surface area (Å²) in [6.07, 6.45) is 2.04. The average Bonchev–Trinajstić information content (AvgIpc) is 2.28. The molecular formula is C13H18NO3. The highest BCUT2D eigenvalue weighted by atomic mass is 16.5. The van der Waals surface area contributed by atoms with Crippen LogP contribution in [0.4, 0.5) is 0 Å². The Labute approximate surface area is 101 Å². The third-order valence-electron chi connectivity index (χ3n) is 2.29. The van der Waals surface area contributed by atoms with E-state index in [-0.39, 0.29) is 18.4 Å². The van der Waals surface area contributed by atoms with Crippen molar-refractivity contribution in [3.8, 4) is 5.75 Å². The molecule has 1 aromatic carbocycles. The van der Waals surface area contributed by atoms with Gasteiger partial charge >= 0.3 is 0 Å². The van der Waals surface area contributed by atoms with Crippen LogP contribution in [0.3, 0.4) is 0 Å². The Morgan fingerprint density at radius 3 is 2.65 bits per heavy atom. The molecule has 1 radical (unpaired) electrons. The molecular weight excluding hydrogens is 218 g/mol. The molecule has 0 saturated carbocycles. The lowest BCUT2D eigenvalue weighted by Gasteiger charge is -2.11. The Morgan fingerprint density at radius 1 is 1.47 bits per heavy atom. The van der Waals surface area contributed by atoms with E-state index in [9.17, 15) is 4.79 Å². The van der Waals surface area contributed by atoms with Crippen LogP contribution in [-0.2, 0) is 4.79 Å². The highest BCUT2D eigenvalue weighted by Gasteiger charge is 2.06. The normalized spacial score (nSPS) is 12.1. The summed E-state index contributed by atoms with van der Waals surface area (Å²) in [6.45, 7) is 2.40. The number of rotatable bonds is 7. The summed E-state index contributed by atoms with van der Waals surface area (Å²) in [7, 11) is 0. The Kier molecular flexibility index (Phi) is 5.49. The minimum atomic E-state index is -0.311. The van der Waals surface area contributed by atoms with E-state index in [4.69, 9.17) is 15.6 Å². The number of ether oxygens (including phenoxy) is 1. The highest BCUT2D eigenvalue weighted by Crippen LogP contribution is 2.14. The molecule has 0 aliphatic heterocycles. The van der Waals surface area contributed by atoms with Gasteiger partial charge in [0.25, 0.3) is 0 Å². The minimum absolute atomic E-state index is 0.0237. The predicted molar refractivity (Wildman–Crippen MR) is 65.4 cm³/mol. The Morgan fingerprint density at radius 2 is 2.12 bits per heavy atom. The van der Waals surface area contributed by atoms with Gasteiger partial charge in [-0.15, -0.1) is 0 Å². The number of carbonyl (C=O) groups is 1. The number of primary amides is 1. The molecule has 4 heteroatoms. The van der Waals surface area contributed by atoms with Crippen molar-refractivity contribution in [3.63, 3.8) is 0 Å². The van der Waals surface area contributed by atoms with Gasteiger partial charge in [0.2, 0.25) is 5.91 Å². The molecule has 0 spiro atoms. The summed E-state index contributed by atoms with van der Waals surface area (Å²) in [5, 5.41) is 8.72. The largest absolute Gasteiger partial charge is 0.493 e. The van der Waals surface area contributed by atoms with Crippen molar-refractivity contribution in [1.29, 1.82) is 0 Å². The first-order chi connectivity index (χ1) is 8.11. The topological polar surface area (TPSA) is 72.6 Å². The second-order valence-electron chi connectivity index (χ2n) is 4.04. The average molecular weight is 236 g/mol. The van der Waals surface area contributed by atoms with Crippen LogP contribution in [0.15, 0.2) is 24.3 Å². The van der Waals surface area contributed by atoms with Crippen molar-refractivity contribution >= 4 is 5.91 Å². The molecule has 1 atom stereocenters. The lowest BCUT2D eigenvalue weighted by molar-refractivity contribution is -0.119. The summed E-state index contributed by atoms with van der Waals surface area (Å²) in [5.41, 5.74) is 6.04. The second-order valence-corrected chi connectivity index (χ2v) is 4.04. The molecule has 1 aromatic rings. The van der Waals surface area contributed by atoms with Crippen LogP contribution in [-0.4, -0.2) is 24.2 Å². The molecule has 3 N–H and O–H groups in total. The van der Waals surface area contributed by atoms with Crippen molar-refractivity contribution in [3.05, 3.63) is 36.2 Å². The van der Waals surface area contributed by atoms with Crippen molar-refractivity contribution in [2.75, 3.05) is 13.2 Å². The van der Waals surface area contributed by atoms with Crippen LogP contribution >= 0.6 is 0 Å². The maximum atomic E-state index is 10.7. The first-order valence-electron chi connectivity index (χ1n) is 5.57. The van der Waals surface area contributed by atoms with Gasteiger partial charge in [-0.2, -0.15) is 0 Å². The molecule has 0 aliphatic carbocycles. The zero-order valence-corrected chi connectivity index (χ0v) is 9.93. The summed E-state index contributed by atoms with van der Waals surface area (Å²) in [5.74, 6) is 0.543. The number of hydrogen-bond donors (Lipinski definition) is 2. The lowest BCUT2D eigenvalue weighted by atomic mass is 10.1. The third kappa shape index (κ3) is 5.36. The number of aliphatic hydroxyl groups excluding tert-OH is 1. The van der Waals surface area contributed by atoms with Crippen LogP contribution in [0.5, 0.6) is 5.75 Å². The van der Waals surface area contributed by atoms with Gasteiger partial charge in [-0.3, -0.25) is 4.79 Å². The minimum Gasteiger partial charge on any atom is -0.493 e. The van der Waals surface area contributed by atoms with Crippen LogP contribution < -0.4 is 10.5 Å². The molecule has 0 fully saturated rings. The number of nitrogens with two attached hydrogens (primary N) is 1. The monoisotopic (exact) mass is 236 g/mol. The Bertz CT molecular complexity index is 348. The van der Waals surface area contributed by atoms with Crippen LogP contribution in [0.2, 0.25) is 0 Å². The summed E-state index contributed by atoms with van der Waals surface area (Å²) < 4.78 is 5.52. The van der Waals surface area contributed by atoms with E-state index >= 15 is 0 Å². The molecule has 93 valence electrons. The molecule has 1 rings (SSSR count). The molecule has 0 aromatic heterocycles. The fourth-order valence-electron chi connectivity index (χ4n) is 1.45. The van der Waals surface area contributed by atoms with Gasteiger partial charge in [-0.1, -0.05) is 19.1 Å². The molecule has 0 saturated heterocycles. The third-order valence-corrected chi connectivity index (χ3v) is 2.29. The quantitative estimate of drug-likeness (QED) is 0.745. The van der Waals surface area contributed by atoms with Gasteiger partial charge in [0, 0.05) is 12.8 Å². The van der Waals surface area contributed by atoms with E-state index in [0.29, 0.717) is 13.0 Å². The standard InChI is InChI=1S/C13H18NO3/c1-10(8-13(14)16)9-17-12-4-2-11(3-5-12)6-7-15/h2-6,10,15H,7-9H2,1H3,(H2,14,16)/t10-/m0/s1. The number of benzene rings is 1. The molecule has 1 amide bonds. The number of aliphatic hydroxyl groups is 1. The van der Waals surface area contributed by atoms with E-state index in [1.165, 1.54) is 0 Å². The zero-order chi connectivity index (χ0) is 12.7. The van der Waals surface area contributed by atoms with Crippen LogP contribution in [0.25, 0.3) is 0 Å². The highest BCUT2D eigenvalue weighted by molar-refractivity contribution is 5.73. The van der Waals surface area contributed by atoms with Gasteiger partial charge in [0.1, 0.15) is 5.75 Å². The lowest BCUT2D eigenvalue weighted by Crippen LogP contribution is -2.18. The number of amides is 1. The van der Waals surface area contributed by atoms with E-state index in [1.54, 1.807) is 6.42 Å². The maximum Gasteiger partial charge on any atom is 0.217 e. The van der Waals surface area contributed by atoms with Crippen molar-refractivity contribution in [2.24, 2.45) is 11.7 Å². The maximum absolute atomic E-state index is 10.7. The van der Waals surface area contributed by atoms with Gasteiger partial charge in [-0.05, 0) is 23.6 Å². The molecule has 4 nitrogen and oxygen atoms in total. The molecule has 0 aliphatic rings. The predicted octanol–water partition coefficient (Wildman–Crippen LogP) is 1.12. The summed E-state index contributed by atoms with van der Waals surface area (Å²) in [4.78, 5) is 10.7. The van der Waals surface area contributed by atoms with Gasteiger partial charge in [0.05, 0.1) is 13.2 Å². The van der Waals surface area contributed by atoms with Crippen LogP contribution in [0, 0.1) is 12.3 Å². The Balaban J connectivity index is 2.38. The summed E-state index contributed by atoms with van der Waals surface area (Å²) in [6, 6.07) is 7.39. The smallest absolute Gasteiger partial charge is 0.217 e. The second kappa shape index (κ2) is 6.91. The van der Waals surface area contributed by atoms with Crippen molar-refractivity contribution < 1.29 is 14.6 Å². The molecule has 0 unspecified atom stereocenters. The molecule has 0 bridgehead atoms. The van der Waals surface area contributed by atoms with Crippen LogP contribution in [0.1, 0.15) is 18.9 Å². The first-order valence-corrected chi connectivity index (χ1v) is 5.57. The van der Waals surface area contributed by atoms with Gasteiger partial charge < -0.3 is 15.6 Å². The molecule has 0 heterocycles. The fraction of sp³-hybridized carbons (Fsp3) is 0.385. The van der Waals surface area contributed by atoms with Crippen molar-refractivity contribution in [2.45, 2.75) is 13.3 Å². The number of carbonyl (C=O) groups excluding carboxylic acids is 1. The van der Waals surface area contributed by atoms with E-state index < -0.39 is 0 Å². The first kappa shape index (κ1) is 13.5. The van der Waals surface area contributed by atoms with Crippen molar-refractivity contribution in [1.82, 2.24) is 0 Å². The summed E-state index contributed by atoms with van der Waals surface area (Å²) >= 11 is 0. The number of hydrogen-bond acceptors (Lipinski definition) is 3. The van der Waals surface area contributed by atoms with Gasteiger partial charge in [-0.25, -0.2) is 0 Å². The van der Waals surface area contributed by atoms with E-state index in [2.05, 4.69) is 0 Å². The Hall–Kier alpha value is -1.55. The van der Waals surface area contributed by atoms with E-state index in [1.807, 2.05) is 31.2 Å². The van der Waals surface area contributed by atoms with Gasteiger partial charge in [0.15, 0.2) is 0 Å². The van der Waals surface area contributed by atoms with E-state index in [0.717, 1.165) is 11.3 Å². The zero-order valence-electron chi connectivity index (χ0n) is 9.93.